The van der Waals surface area contributed by atoms with E-state index >= 15 is 0 Å². The van der Waals surface area contributed by atoms with E-state index in [1.54, 1.807) is 0 Å². The van der Waals surface area contributed by atoms with Crippen LogP contribution in [0.3, 0.4) is 0 Å². The van der Waals surface area contributed by atoms with Crippen molar-refractivity contribution in [3.8, 4) is 0 Å². The number of hydrogen-bond donors (Lipinski definition) is 1. The Hall–Kier alpha value is -1.02. The number of rotatable bonds is 3. The van der Waals surface area contributed by atoms with Gasteiger partial charge in [0.25, 0.3) is 0 Å². The van der Waals surface area contributed by atoms with Crippen LogP contribution in [-0.2, 0) is 6.42 Å². The number of benzene rings is 1. The second-order valence-corrected chi connectivity index (χ2v) is 6.28. The number of para-hydroxylation sites is 1. The second kappa shape index (κ2) is 5.31. The van der Waals surface area contributed by atoms with Crippen LogP contribution in [-0.4, -0.2) is 19.1 Å². The van der Waals surface area contributed by atoms with Crippen LogP contribution in [0, 0.1) is 5.41 Å². The van der Waals surface area contributed by atoms with Gasteiger partial charge in [-0.25, -0.2) is 0 Å². The summed E-state index contributed by atoms with van der Waals surface area (Å²) in [4.78, 5) is 2.53. The molecule has 1 heterocycles. The molecule has 1 aliphatic rings. The van der Waals surface area contributed by atoms with Gasteiger partial charge in [0, 0.05) is 24.8 Å². The van der Waals surface area contributed by atoms with Crippen molar-refractivity contribution in [2.75, 3.05) is 18.0 Å². The number of anilines is 1. The molecule has 0 spiro atoms. The minimum Gasteiger partial charge on any atom is -0.371 e. The van der Waals surface area contributed by atoms with Gasteiger partial charge >= 0.3 is 0 Å². The third-order valence-electron chi connectivity index (χ3n) is 4.29. The summed E-state index contributed by atoms with van der Waals surface area (Å²) >= 11 is 0. The summed E-state index contributed by atoms with van der Waals surface area (Å²) in [5, 5.41) is 0. The van der Waals surface area contributed by atoms with Gasteiger partial charge in [0.1, 0.15) is 0 Å². The molecular formula is C16H26N2. The molecule has 100 valence electrons. The van der Waals surface area contributed by atoms with Gasteiger partial charge in [-0.3, -0.25) is 0 Å². The molecule has 0 fully saturated rings. The monoisotopic (exact) mass is 246 g/mol. The third-order valence-corrected chi connectivity index (χ3v) is 4.29. The maximum absolute atomic E-state index is 6.12. The Labute approximate surface area is 111 Å². The smallest absolute Gasteiger partial charge is 0.0398 e. The highest BCUT2D eigenvalue weighted by molar-refractivity contribution is 5.54. The zero-order chi connectivity index (χ0) is 13.2. The molecule has 0 amide bonds. The van der Waals surface area contributed by atoms with Crippen LogP contribution in [0.2, 0.25) is 0 Å². The first kappa shape index (κ1) is 13.4. The second-order valence-electron chi connectivity index (χ2n) is 6.28. The molecule has 1 aliphatic heterocycles. The first-order valence-electron chi connectivity index (χ1n) is 7.09. The van der Waals surface area contributed by atoms with E-state index in [1.165, 1.54) is 30.5 Å². The molecule has 0 saturated heterocycles. The fraction of sp³-hybridized carbons (Fsp3) is 0.625. The number of nitrogens with two attached hydrogens (primary N) is 1. The van der Waals surface area contributed by atoms with E-state index in [2.05, 4.69) is 49.9 Å². The average Bonchev–Trinajstić information content (AvgIpc) is 2.52. The van der Waals surface area contributed by atoms with Crippen molar-refractivity contribution >= 4 is 5.69 Å². The maximum Gasteiger partial charge on any atom is 0.0398 e. The lowest BCUT2D eigenvalue weighted by Crippen LogP contribution is -2.44. The standard InChI is InChI=1S/C16H26N2/c1-13(17)16(2,3)12-18-11-7-6-9-14-8-4-5-10-15(14)18/h4-5,8,10,13H,6-7,9,11-12,17H2,1-3H3. The van der Waals surface area contributed by atoms with Crippen molar-refractivity contribution in [2.45, 2.75) is 46.1 Å². The van der Waals surface area contributed by atoms with Gasteiger partial charge in [-0.2, -0.15) is 0 Å². The predicted molar refractivity (Wildman–Crippen MR) is 79.0 cm³/mol. The summed E-state index contributed by atoms with van der Waals surface area (Å²) in [7, 11) is 0. The molecule has 2 N–H and O–H groups in total. The summed E-state index contributed by atoms with van der Waals surface area (Å²) < 4.78 is 0. The minimum absolute atomic E-state index is 0.150. The molecule has 18 heavy (non-hydrogen) atoms. The third kappa shape index (κ3) is 2.86. The van der Waals surface area contributed by atoms with Gasteiger partial charge in [0.15, 0.2) is 0 Å². The molecule has 2 rings (SSSR count). The Balaban J connectivity index is 2.23. The van der Waals surface area contributed by atoms with Gasteiger partial charge in [-0.1, -0.05) is 32.0 Å². The lowest BCUT2D eigenvalue weighted by molar-refractivity contribution is 0.304. The number of aryl methyl sites for hydroxylation is 1. The summed E-state index contributed by atoms with van der Waals surface area (Å²) in [5.74, 6) is 0. The van der Waals surface area contributed by atoms with Gasteiger partial charge in [0.2, 0.25) is 0 Å². The van der Waals surface area contributed by atoms with Crippen molar-refractivity contribution in [1.82, 2.24) is 0 Å². The molecule has 0 aromatic heterocycles. The van der Waals surface area contributed by atoms with Crippen molar-refractivity contribution in [3.63, 3.8) is 0 Å². The fourth-order valence-electron chi connectivity index (χ4n) is 2.57. The van der Waals surface area contributed by atoms with Crippen LogP contribution in [0.15, 0.2) is 24.3 Å². The molecule has 0 aliphatic carbocycles. The molecule has 1 aromatic rings. The zero-order valence-corrected chi connectivity index (χ0v) is 11.9. The number of fused-ring (bicyclic) bond motifs is 1. The molecule has 0 radical (unpaired) electrons. The molecule has 2 heteroatoms. The van der Waals surface area contributed by atoms with Crippen molar-refractivity contribution in [3.05, 3.63) is 29.8 Å². The van der Waals surface area contributed by atoms with E-state index in [0.29, 0.717) is 0 Å². The predicted octanol–water partition coefficient (Wildman–Crippen LogP) is 3.20. The lowest BCUT2D eigenvalue weighted by Gasteiger charge is -2.37. The molecule has 1 unspecified atom stereocenters. The summed E-state index contributed by atoms with van der Waals surface area (Å²) in [6, 6.07) is 9.05. The van der Waals surface area contributed by atoms with Crippen LogP contribution in [0.1, 0.15) is 39.2 Å². The summed E-state index contributed by atoms with van der Waals surface area (Å²) in [5.41, 5.74) is 9.19. The lowest BCUT2D eigenvalue weighted by atomic mass is 9.85. The minimum atomic E-state index is 0.150. The van der Waals surface area contributed by atoms with Crippen LogP contribution < -0.4 is 10.6 Å². The summed E-state index contributed by atoms with van der Waals surface area (Å²) in [6.45, 7) is 8.86. The van der Waals surface area contributed by atoms with Gasteiger partial charge in [0.05, 0.1) is 0 Å². The molecule has 0 bridgehead atoms. The Morgan fingerprint density at radius 1 is 1.28 bits per heavy atom. The quantitative estimate of drug-likeness (QED) is 0.887. The zero-order valence-electron chi connectivity index (χ0n) is 11.9. The van der Waals surface area contributed by atoms with E-state index in [9.17, 15) is 0 Å². The largest absolute Gasteiger partial charge is 0.371 e. The molecule has 2 nitrogen and oxygen atoms in total. The molecule has 1 atom stereocenters. The van der Waals surface area contributed by atoms with Crippen molar-refractivity contribution < 1.29 is 0 Å². The fourth-order valence-corrected chi connectivity index (χ4v) is 2.57. The van der Waals surface area contributed by atoms with E-state index in [1.807, 2.05) is 0 Å². The topological polar surface area (TPSA) is 29.3 Å². The van der Waals surface area contributed by atoms with Gasteiger partial charge in [-0.05, 0) is 43.2 Å². The van der Waals surface area contributed by atoms with E-state index in [0.717, 1.165) is 13.1 Å². The van der Waals surface area contributed by atoms with E-state index in [-0.39, 0.29) is 11.5 Å². The SMILES string of the molecule is CC(N)C(C)(C)CN1CCCCc2ccccc21. The van der Waals surface area contributed by atoms with Crippen molar-refractivity contribution in [2.24, 2.45) is 11.1 Å². The van der Waals surface area contributed by atoms with Gasteiger partial charge in [-0.15, -0.1) is 0 Å². The highest BCUT2D eigenvalue weighted by Gasteiger charge is 2.27. The number of hydrogen-bond acceptors (Lipinski definition) is 2. The van der Waals surface area contributed by atoms with Crippen LogP contribution >= 0.6 is 0 Å². The molecular weight excluding hydrogens is 220 g/mol. The Morgan fingerprint density at radius 2 is 2.00 bits per heavy atom. The van der Waals surface area contributed by atoms with Crippen LogP contribution in [0.5, 0.6) is 0 Å². The highest BCUT2D eigenvalue weighted by atomic mass is 15.1. The Bertz CT molecular complexity index is 396. The maximum atomic E-state index is 6.12. The normalized spacial score (nSPS) is 18.1. The van der Waals surface area contributed by atoms with Crippen molar-refractivity contribution in [1.29, 1.82) is 0 Å². The number of nitrogens with zero attached hydrogens (tertiary/aromatic N) is 1. The van der Waals surface area contributed by atoms with Crippen LogP contribution in [0.25, 0.3) is 0 Å². The highest BCUT2D eigenvalue weighted by Crippen LogP contribution is 2.30. The van der Waals surface area contributed by atoms with Gasteiger partial charge < -0.3 is 10.6 Å². The molecule has 0 saturated carbocycles. The first-order chi connectivity index (χ1) is 8.50. The van der Waals surface area contributed by atoms with Crippen LogP contribution in [0.4, 0.5) is 5.69 Å². The van der Waals surface area contributed by atoms with E-state index < -0.39 is 0 Å². The first-order valence-corrected chi connectivity index (χ1v) is 7.09. The molecule has 1 aromatic carbocycles. The van der Waals surface area contributed by atoms with E-state index in [4.69, 9.17) is 5.73 Å². The Kier molecular flexibility index (Phi) is 3.96. The summed E-state index contributed by atoms with van der Waals surface area (Å²) in [6.07, 6.45) is 3.79. The Morgan fingerprint density at radius 3 is 2.72 bits per heavy atom. The average molecular weight is 246 g/mol.